The molecular weight excluding hydrogens is 122 g/mol. The SMILES string of the molecule is CC[C@@](F)(CF)C(C)C. The predicted molar refractivity (Wildman–Crippen MR) is 34.9 cm³/mol. The third-order valence-electron chi connectivity index (χ3n) is 1.84. The van der Waals surface area contributed by atoms with E-state index in [1.165, 1.54) is 0 Å². The summed E-state index contributed by atoms with van der Waals surface area (Å²) >= 11 is 0. The molecule has 0 saturated heterocycles. The molecule has 0 spiro atoms. The second kappa shape index (κ2) is 3.14. The Morgan fingerprint density at radius 2 is 1.89 bits per heavy atom. The number of alkyl halides is 2. The zero-order valence-corrected chi connectivity index (χ0v) is 6.25. The summed E-state index contributed by atoms with van der Waals surface area (Å²) in [5.74, 6) is -0.215. The molecule has 2 heteroatoms. The van der Waals surface area contributed by atoms with E-state index >= 15 is 0 Å². The molecular formula is C7H14F2. The smallest absolute Gasteiger partial charge is 0.141 e. The lowest BCUT2D eigenvalue weighted by Gasteiger charge is -2.23. The van der Waals surface area contributed by atoms with Crippen LogP contribution in [0.2, 0.25) is 0 Å². The lowest BCUT2D eigenvalue weighted by Crippen LogP contribution is -2.31. The lowest BCUT2D eigenvalue weighted by atomic mass is 9.91. The predicted octanol–water partition coefficient (Wildman–Crippen LogP) is 2.73. The average molecular weight is 136 g/mol. The third kappa shape index (κ3) is 1.92. The van der Waals surface area contributed by atoms with Gasteiger partial charge in [0.2, 0.25) is 0 Å². The van der Waals surface area contributed by atoms with Crippen LogP contribution in [0, 0.1) is 5.92 Å². The maximum absolute atomic E-state index is 13.0. The molecule has 0 N–H and O–H groups in total. The van der Waals surface area contributed by atoms with E-state index in [0.717, 1.165) is 0 Å². The van der Waals surface area contributed by atoms with Gasteiger partial charge in [0, 0.05) is 0 Å². The number of rotatable bonds is 3. The minimum atomic E-state index is -1.58. The third-order valence-corrected chi connectivity index (χ3v) is 1.84. The molecule has 56 valence electrons. The fraction of sp³-hybridized carbons (Fsp3) is 1.00. The molecule has 0 radical (unpaired) electrons. The van der Waals surface area contributed by atoms with Crippen molar-refractivity contribution in [3.8, 4) is 0 Å². The number of hydrogen-bond acceptors (Lipinski definition) is 0. The van der Waals surface area contributed by atoms with Crippen molar-refractivity contribution in [2.24, 2.45) is 5.92 Å². The molecule has 0 rings (SSSR count). The highest BCUT2D eigenvalue weighted by Gasteiger charge is 2.31. The summed E-state index contributed by atoms with van der Waals surface area (Å²) in [4.78, 5) is 0. The van der Waals surface area contributed by atoms with Crippen LogP contribution in [-0.4, -0.2) is 12.3 Å². The zero-order chi connectivity index (χ0) is 7.49. The fourth-order valence-electron chi connectivity index (χ4n) is 0.657. The summed E-state index contributed by atoms with van der Waals surface area (Å²) in [7, 11) is 0. The van der Waals surface area contributed by atoms with Gasteiger partial charge in [-0.1, -0.05) is 20.8 Å². The Morgan fingerprint density at radius 1 is 1.44 bits per heavy atom. The van der Waals surface area contributed by atoms with Crippen molar-refractivity contribution in [1.82, 2.24) is 0 Å². The summed E-state index contributed by atoms with van der Waals surface area (Å²) in [6, 6.07) is 0. The van der Waals surface area contributed by atoms with Crippen molar-refractivity contribution < 1.29 is 8.78 Å². The fourth-order valence-corrected chi connectivity index (χ4v) is 0.657. The Bertz CT molecular complexity index is 75.0. The van der Waals surface area contributed by atoms with Crippen LogP contribution in [0.15, 0.2) is 0 Å². The largest absolute Gasteiger partial charge is 0.248 e. The first kappa shape index (κ1) is 8.86. The first-order valence-corrected chi connectivity index (χ1v) is 3.31. The van der Waals surface area contributed by atoms with Crippen LogP contribution < -0.4 is 0 Å². The summed E-state index contributed by atoms with van der Waals surface area (Å²) < 4.78 is 24.9. The van der Waals surface area contributed by atoms with Gasteiger partial charge in [-0.15, -0.1) is 0 Å². The Kier molecular flexibility index (Phi) is 3.09. The van der Waals surface area contributed by atoms with Crippen LogP contribution in [0.25, 0.3) is 0 Å². The Balaban J connectivity index is 3.92. The van der Waals surface area contributed by atoms with Gasteiger partial charge in [0.15, 0.2) is 0 Å². The summed E-state index contributed by atoms with van der Waals surface area (Å²) in [5, 5.41) is 0. The molecule has 0 aliphatic carbocycles. The van der Waals surface area contributed by atoms with E-state index in [0.29, 0.717) is 0 Å². The van der Waals surface area contributed by atoms with E-state index in [1.54, 1.807) is 20.8 Å². The van der Waals surface area contributed by atoms with Gasteiger partial charge in [-0.3, -0.25) is 0 Å². The van der Waals surface area contributed by atoms with Crippen LogP contribution in [0.1, 0.15) is 27.2 Å². The molecule has 0 bridgehead atoms. The van der Waals surface area contributed by atoms with Crippen molar-refractivity contribution in [3.05, 3.63) is 0 Å². The van der Waals surface area contributed by atoms with Crippen LogP contribution in [0.5, 0.6) is 0 Å². The maximum atomic E-state index is 13.0. The standard InChI is InChI=1S/C7H14F2/c1-4-7(9,5-8)6(2)3/h6H,4-5H2,1-3H3/t7-/m1/s1. The quantitative estimate of drug-likeness (QED) is 0.559. The molecule has 0 aliphatic heterocycles. The molecule has 0 aromatic carbocycles. The average Bonchev–Trinajstić information content (AvgIpc) is 1.86. The first-order chi connectivity index (χ1) is 4.06. The zero-order valence-electron chi connectivity index (χ0n) is 6.25. The van der Waals surface area contributed by atoms with Crippen LogP contribution in [-0.2, 0) is 0 Å². The van der Waals surface area contributed by atoms with Gasteiger partial charge in [0.1, 0.15) is 12.3 Å². The number of halogens is 2. The van der Waals surface area contributed by atoms with Crippen LogP contribution in [0.4, 0.5) is 8.78 Å². The first-order valence-electron chi connectivity index (χ1n) is 3.31. The monoisotopic (exact) mass is 136 g/mol. The summed E-state index contributed by atoms with van der Waals surface area (Å²) in [6.07, 6.45) is 0.265. The van der Waals surface area contributed by atoms with E-state index in [9.17, 15) is 8.78 Å². The molecule has 0 aromatic heterocycles. The second-order valence-electron chi connectivity index (χ2n) is 2.68. The molecule has 1 atom stereocenters. The highest BCUT2D eigenvalue weighted by Crippen LogP contribution is 2.25. The van der Waals surface area contributed by atoms with E-state index < -0.39 is 12.3 Å². The molecule has 0 fully saturated rings. The van der Waals surface area contributed by atoms with Crippen LogP contribution in [0.3, 0.4) is 0 Å². The Labute approximate surface area is 55.3 Å². The second-order valence-corrected chi connectivity index (χ2v) is 2.68. The molecule has 9 heavy (non-hydrogen) atoms. The van der Waals surface area contributed by atoms with Crippen LogP contribution >= 0.6 is 0 Å². The molecule has 0 amide bonds. The van der Waals surface area contributed by atoms with Gasteiger partial charge in [0.25, 0.3) is 0 Å². The topological polar surface area (TPSA) is 0 Å². The van der Waals surface area contributed by atoms with Crippen molar-refractivity contribution in [2.45, 2.75) is 32.9 Å². The van der Waals surface area contributed by atoms with E-state index in [1.807, 2.05) is 0 Å². The Hall–Kier alpha value is -0.140. The molecule has 0 unspecified atom stereocenters. The highest BCUT2D eigenvalue weighted by molar-refractivity contribution is 4.79. The van der Waals surface area contributed by atoms with Crippen molar-refractivity contribution >= 4 is 0 Å². The van der Waals surface area contributed by atoms with Crippen molar-refractivity contribution in [3.63, 3.8) is 0 Å². The Morgan fingerprint density at radius 3 is 1.89 bits per heavy atom. The van der Waals surface area contributed by atoms with Gasteiger partial charge in [-0.25, -0.2) is 8.78 Å². The molecule has 0 aromatic rings. The minimum absolute atomic E-state index is 0.215. The minimum Gasteiger partial charge on any atom is -0.248 e. The van der Waals surface area contributed by atoms with Crippen molar-refractivity contribution in [2.75, 3.05) is 6.67 Å². The van der Waals surface area contributed by atoms with Gasteiger partial charge in [-0.05, 0) is 12.3 Å². The number of hydrogen-bond donors (Lipinski definition) is 0. The van der Waals surface area contributed by atoms with E-state index in [2.05, 4.69) is 0 Å². The molecule has 0 saturated carbocycles. The van der Waals surface area contributed by atoms with E-state index in [4.69, 9.17) is 0 Å². The molecule has 0 heterocycles. The summed E-state index contributed by atoms with van der Waals surface area (Å²) in [5.41, 5.74) is -1.58. The maximum Gasteiger partial charge on any atom is 0.141 e. The van der Waals surface area contributed by atoms with Crippen molar-refractivity contribution in [1.29, 1.82) is 0 Å². The normalized spacial score (nSPS) is 18.0. The lowest BCUT2D eigenvalue weighted by molar-refractivity contribution is 0.0630. The van der Waals surface area contributed by atoms with Gasteiger partial charge >= 0.3 is 0 Å². The van der Waals surface area contributed by atoms with Gasteiger partial charge in [-0.2, -0.15) is 0 Å². The van der Waals surface area contributed by atoms with Gasteiger partial charge in [0.05, 0.1) is 0 Å². The molecule has 0 nitrogen and oxygen atoms in total. The van der Waals surface area contributed by atoms with Gasteiger partial charge < -0.3 is 0 Å². The van der Waals surface area contributed by atoms with E-state index in [-0.39, 0.29) is 12.3 Å². The summed E-state index contributed by atoms with van der Waals surface area (Å²) in [6.45, 7) is 4.20. The molecule has 0 aliphatic rings. The highest BCUT2D eigenvalue weighted by atomic mass is 19.2.